The Bertz CT molecular complexity index is 694. The van der Waals surface area contributed by atoms with Gasteiger partial charge in [0.2, 0.25) is 5.89 Å². The average Bonchev–Trinajstić information content (AvgIpc) is 2.94. The summed E-state index contributed by atoms with van der Waals surface area (Å²) in [5.74, 6) is 1.32. The second-order valence-electron chi connectivity index (χ2n) is 4.55. The number of nitrogens with two attached hydrogens (primary N) is 1. The molecule has 0 spiro atoms. The highest BCUT2D eigenvalue weighted by Crippen LogP contribution is 2.31. The number of aromatic nitrogens is 2. The first-order chi connectivity index (χ1) is 8.66. The van der Waals surface area contributed by atoms with Gasteiger partial charge in [-0.1, -0.05) is 12.1 Å². The number of hydrogen-bond donors (Lipinski definition) is 2. The minimum Gasteiger partial charge on any atom is -0.439 e. The number of H-pyrrole nitrogens is 1. The van der Waals surface area contributed by atoms with Gasteiger partial charge in [0.05, 0.1) is 12.2 Å². The third-order valence-electron chi connectivity index (χ3n) is 3.09. The molecule has 1 atom stereocenters. The predicted octanol–water partition coefficient (Wildman–Crippen LogP) is 3.15. The van der Waals surface area contributed by atoms with Crippen LogP contribution in [-0.2, 0) is 0 Å². The standard InChI is InChI=1S/C14H15N3O/c1-8-4-3-5-11-13(8)10(6-16-11)12-7-17-14(18-12)9(2)15/h3-7,9,16H,15H2,1-2H3/t9-/m0/s1. The van der Waals surface area contributed by atoms with E-state index in [0.29, 0.717) is 5.89 Å². The highest BCUT2D eigenvalue weighted by atomic mass is 16.4. The van der Waals surface area contributed by atoms with Gasteiger partial charge in [-0.25, -0.2) is 4.98 Å². The van der Waals surface area contributed by atoms with Crippen molar-refractivity contribution in [3.05, 3.63) is 42.0 Å². The Morgan fingerprint density at radius 1 is 1.39 bits per heavy atom. The summed E-state index contributed by atoms with van der Waals surface area (Å²) >= 11 is 0. The summed E-state index contributed by atoms with van der Waals surface area (Å²) in [6.07, 6.45) is 3.68. The summed E-state index contributed by atoms with van der Waals surface area (Å²) in [5.41, 5.74) is 9.10. The van der Waals surface area contributed by atoms with Crippen molar-refractivity contribution < 1.29 is 4.42 Å². The lowest BCUT2D eigenvalue weighted by Crippen LogP contribution is -2.04. The number of oxazole rings is 1. The van der Waals surface area contributed by atoms with Crippen molar-refractivity contribution in [1.29, 1.82) is 0 Å². The molecule has 3 rings (SSSR count). The molecule has 0 saturated heterocycles. The predicted molar refractivity (Wildman–Crippen MR) is 71.1 cm³/mol. The third kappa shape index (κ3) is 1.62. The number of nitrogens with one attached hydrogen (secondary N) is 1. The van der Waals surface area contributed by atoms with Crippen molar-refractivity contribution in [3.63, 3.8) is 0 Å². The molecule has 0 unspecified atom stereocenters. The third-order valence-corrected chi connectivity index (χ3v) is 3.09. The van der Waals surface area contributed by atoms with Crippen LogP contribution >= 0.6 is 0 Å². The van der Waals surface area contributed by atoms with E-state index in [2.05, 4.69) is 29.0 Å². The number of aryl methyl sites for hydroxylation is 1. The van der Waals surface area contributed by atoms with Gasteiger partial charge in [-0.05, 0) is 25.5 Å². The van der Waals surface area contributed by atoms with Crippen LogP contribution in [0.2, 0.25) is 0 Å². The lowest BCUT2D eigenvalue weighted by atomic mass is 10.1. The first kappa shape index (κ1) is 11.0. The molecule has 3 N–H and O–H groups in total. The van der Waals surface area contributed by atoms with Crippen LogP contribution < -0.4 is 5.73 Å². The molecular weight excluding hydrogens is 226 g/mol. The minimum atomic E-state index is -0.190. The van der Waals surface area contributed by atoms with Crippen LogP contribution in [0, 0.1) is 6.92 Å². The zero-order chi connectivity index (χ0) is 12.7. The monoisotopic (exact) mass is 241 g/mol. The summed E-state index contributed by atoms with van der Waals surface area (Å²) in [6.45, 7) is 3.94. The fourth-order valence-electron chi connectivity index (χ4n) is 2.18. The zero-order valence-corrected chi connectivity index (χ0v) is 10.4. The number of benzene rings is 1. The molecule has 18 heavy (non-hydrogen) atoms. The van der Waals surface area contributed by atoms with Crippen LogP contribution in [0.25, 0.3) is 22.2 Å². The maximum absolute atomic E-state index is 5.76. The summed E-state index contributed by atoms with van der Waals surface area (Å²) in [7, 11) is 0. The fraction of sp³-hybridized carbons (Fsp3) is 0.214. The van der Waals surface area contributed by atoms with Gasteiger partial charge in [-0.2, -0.15) is 0 Å². The fourth-order valence-corrected chi connectivity index (χ4v) is 2.18. The van der Waals surface area contributed by atoms with E-state index in [-0.39, 0.29) is 6.04 Å². The lowest BCUT2D eigenvalue weighted by Gasteiger charge is -1.99. The Morgan fingerprint density at radius 2 is 2.22 bits per heavy atom. The van der Waals surface area contributed by atoms with Gasteiger partial charge in [-0.3, -0.25) is 0 Å². The Balaban J connectivity index is 2.19. The summed E-state index contributed by atoms with van der Waals surface area (Å²) in [6, 6.07) is 5.98. The van der Waals surface area contributed by atoms with Gasteiger partial charge in [0.15, 0.2) is 5.76 Å². The van der Waals surface area contributed by atoms with Crippen LogP contribution in [-0.4, -0.2) is 9.97 Å². The van der Waals surface area contributed by atoms with Gasteiger partial charge in [0, 0.05) is 22.7 Å². The number of hydrogen-bond acceptors (Lipinski definition) is 3. The normalized spacial score (nSPS) is 13.1. The molecule has 0 aliphatic heterocycles. The van der Waals surface area contributed by atoms with E-state index < -0.39 is 0 Å². The second kappa shape index (κ2) is 3.99. The molecule has 0 radical (unpaired) electrons. The van der Waals surface area contributed by atoms with Gasteiger partial charge in [0.1, 0.15) is 0 Å². The summed E-state index contributed by atoms with van der Waals surface area (Å²) in [5, 5.41) is 1.17. The van der Waals surface area contributed by atoms with Crippen molar-refractivity contribution >= 4 is 10.9 Å². The van der Waals surface area contributed by atoms with Crippen LogP contribution in [0.15, 0.2) is 35.0 Å². The minimum absolute atomic E-state index is 0.190. The number of rotatable bonds is 2. The van der Waals surface area contributed by atoms with E-state index in [1.54, 1.807) is 6.20 Å². The molecule has 4 nitrogen and oxygen atoms in total. The molecular formula is C14H15N3O. The molecule has 1 aromatic carbocycles. The topological polar surface area (TPSA) is 67.8 Å². The Hall–Kier alpha value is -2.07. The Morgan fingerprint density at radius 3 is 2.94 bits per heavy atom. The van der Waals surface area contributed by atoms with Crippen LogP contribution in [0.5, 0.6) is 0 Å². The average molecular weight is 241 g/mol. The molecule has 0 amide bonds. The number of aromatic amines is 1. The van der Waals surface area contributed by atoms with E-state index in [1.807, 2.05) is 19.2 Å². The SMILES string of the molecule is Cc1cccc2[nH]cc(-c3cnc([C@H](C)N)o3)c12. The van der Waals surface area contributed by atoms with Gasteiger partial charge in [0.25, 0.3) is 0 Å². The summed E-state index contributed by atoms with van der Waals surface area (Å²) < 4.78 is 5.70. The first-order valence-corrected chi connectivity index (χ1v) is 5.95. The van der Waals surface area contributed by atoms with Gasteiger partial charge in [-0.15, -0.1) is 0 Å². The van der Waals surface area contributed by atoms with Crippen molar-refractivity contribution in [2.45, 2.75) is 19.9 Å². The molecule has 0 aliphatic carbocycles. The number of nitrogens with zero attached hydrogens (tertiary/aromatic N) is 1. The molecule has 0 saturated carbocycles. The van der Waals surface area contributed by atoms with E-state index in [0.717, 1.165) is 16.8 Å². The van der Waals surface area contributed by atoms with E-state index in [9.17, 15) is 0 Å². The molecule has 0 aliphatic rings. The van der Waals surface area contributed by atoms with Crippen molar-refractivity contribution in [3.8, 4) is 11.3 Å². The molecule has 3 aromatic rings. The lowest BCUT2D eigenvalue weighted by molar-refractivity contribution is 0.474. The first-order valence-electron chi connectivity index (χ1n) is 5.95. The maximum Gasteiger partial charge on any atom is 0.211 e. The molecule has 4 heteroatoms. The van der Waals surface area contributed by atoms with Crippen molar-refractivity contribution in [2.75, 3.05) is 0 Å². The van der Waals surface area contributed by atoms with Gasteiger partial charge < -0.3 is 15.1 Å². The molecule has 2 heterocycles. The van der Waals surface area contributed by atoms with E-state index in [4.69, 9.17) is 10.2 Å². The van der Waals surface area contributed by atoms with Gasteiger partial charge >= 0.3 is 0 Å². The largest absolute Gasteiger partial charge is 0.439 e. The molecule has 0 fully saturated rings. The Kier molecular flexibility index (Phi) is 2.45. The molecule has 0 bridgehead atoms. The van der Waals surface area contributed by atoms with Crippen molar-refractivity contribution in [1.82, 2.24) is 9.97 Å². The smallest absolute Gasteiger partial charge is 0.211 e. The van der Waals surface area contributed by atoms with Crippen LogP contribution in [0.3, 0.4) is 0 Å². The van der Waals surface area contributed by atoms with Crippen LogP contribution in [0.1, 0.15) is 24.4 Å². The summed E-state index contributed by atoms with van der Waals surface area (Å²) in [4.78, 5) is 7.45. The highest BCUT2D eigenvalue weighted by Gasteiger charge is 2.14. The number of fused-ring (bicyclic) bond motifs is 1. The Labute approximate surface area is 105 Å². The maximum atomic E-state index is 5.76. The van der Waals surface area contributed by atoms with E-state index >= 15 is 0 Å². The van der Waals surface area contributed by atoms with Crippen LogP contribution in [0.4, 0.5) is 0 Å². The van der Waals surface area contributed by atoms with Crippen molar-refractivity contribution in [2.24, 2.45) is 5.73 Å². The quantitative estimate of drug-likeness (QED) is 0.724. The molecule has 92 valence electrons. The highest BCUT2D eigenvalue weighted by molar-refractivity contribution is 5.96. The zero-order valence-electron chi connectivity index (χ0n) is 10.4. The second-order valence-corrected chi connectivity index (χ2v) is 4.55. The molecule has 2 aromatic heterocycles. The van der Waals surface area contributed by atoms with E-state index in [1.165, 1.54) is 10.9 Å².